The van der Waals surface area contributed by atoms with Gasteiger partial charge >= 0.3 is 12.0 Å². The van der Waals surface area contributed by atoms with Crippen molar-refractivity contribution >= 4 is 17.7 Å². The standard InChI is InChI=1S/C15H23N3O3/c1-9-6-7-11(10(2)16-9)17-14(21)18-12(8-13(19)20)15(3,4)5/h6-7,12H,8H2,1-5H3,(H,19,20)(H2,17,18,21). The highest BCUT2D eigenvalue weighted by Gasteiger charge is 2.28. The van der Waals surface area contributed by atoms with Gasteiger partial charge in [0.1, 0.15) is 0 Å². The van der Waals surface area contributed by atoms with Crippen molar-refractivity contribution in [3.05, 3.63) is 23.5 Å². The van der Waals surface area contributed by atoms with Crippen LogP contribution in [0.2, 0.25) is 0 Å². The Labute approximate surface area is 125 Å². The number of nitrogens with one attached hydrogen (secondary N) is 2. The molecule has 1 unspecified atom stereocenters. The molecule has 6 nitrogen and oxygen atoms in total. The zero-order chi connectivity index (χ0) is 16.2. The monoisotopic (exact) mass is 293 g/mol. The Kier molecular flexibility index (Phi) is 5.29. The number of anilines is 1. The summed E-state index contributed by atoms with van der Waals surface area (Å²) in [4.78, 5) is 27.2. The predicted molar refractivity (Wildman–Crippen MR) is 81.4 cm³/mol. The number of carboxylic acid groups (broad SMARTS) is 1. The Hall–Kier alpha value is -2.11. The van der Waals surface area contributed by atoms with Crippen LogP contribution >= 0.6 is 0 Å². The zero-order valence-electron chi connectivity index (χ0n) is 13.2. The van der Waals surface area contributed by atoms with Crippen LogP contribution in [0.25, 0.3) is 0 Å². The fraction of sp³-hybridized carbons (Fsp3) is 0.533. The average Bonchev–Trinajstić information content (AvgIpc) is 2.30. The molecule has 116 valence electrons. The van der Waals surface area contributed by atoms with Crippen molar-refractivity contribution in [3.63, 3.8) is 0 Å². The van der Waals surface area contributed by atoms with Gasteiger partial charge in [0.05, 0.1) is 17.8 Å². The molecule has 1 aromatic heterocycles. The molecule has 6 heteroatoms. The van der Waals surface area contributed by atoms with E-state index in [9.17, 15) is 9.59 Å². The van der Waals surface area contributed by atoms with Crippen molar-refractivity contribution in [1.82, 2.24) is 10.3 Å². The molecule has 1 atom stereocenters. The third kappa shape index (κ3) is 5.41. The van der Waals surface area contributed by atoms with E-state index in [1.165, 1.54) is 0 Å². The van der Waals surface area contributed by atoms with Gasteiger partial charge in [0, 0.05) is 11.7 Å². The van der Waals surface area contributed by atoms with E-state index >= 15 is 0 Å². The van der Waals surface area contributed by atoms with Crippen molar-refractivity contribution in [2.24, 2.45) is 5.41 Å². The Morgan fingerprint density at radius 2 is 1.90 bits per heavy atom. The number of carbonyl (C=O) groups excluding carboxylic acids is 1. The first-order valence-electron chi connectivity index (χ1n) is 6.83. The van der Waals surface area contributed by atoms with Crippen molar-refractivity contribution in [2.45, 2.75) is 47.1 Å². The summed E-state index contributed by atoms with van der Waals surface area (Å²) in [6.45, 7) is 9.35. The number of aromatic nitrogens is 1. The van der Waals surface area contributed by atoms with Gasteiger partial charge in [-0.25, -0.2) is 4.79 Å². The van der Waals surface area contributed by atoms with Crippen LogP contribution in [0.15, 0.2) is 12.1 Å². The first kappa shape index (κ1) is 16.9. The number of urea groups is 1. The number of carboxylic acids is 1. The summed E-state index contributed by atoms with van der Waals surface area (Å²) in [5, 5.41) is 14.4. The Morgan fingerprint density at radius 1 is 1.29 bits per heavy atom. The molecule has 0 fully saturated rings. The molecule has 0 aromatic carbocycles. The summed E-state index contributed by atoms with van der Waals surface area (Å²) in [6.07, 6.45) is -0.123. The molecule has 0 aliphatic rings. The molecule has 0 saturated heterocycles. The van der Waals surface area contributed by atoms with E-state index in [1.54, 1.807) is 19.1 Å². The van der Waals surface area contributed by atoms with E-state index < -0.39 is 18.0 Å². The summed E-state index contributed by atoms with van der Waals surface area (Å²) in [7, 11) is 0. The van der Waals surface area contributed by atoms with Gasteiger partial charge < -0.3 is 15.7 Å². The van der Waals surface area contributed by atoms with E-state index in [4.69, 9.17) is 5.11 Å². The topological polar surface area (TPSA) is 91.3 Å². The second-order valence-electron chi connectivity index (χ2n) is 6.20. The maximum atomic E-state index is 12.0. The summed E-state index contributed by atoms with van der Waals surface area (Å²) in [5.74, 6) is -0.941. The van der Waals surface area contributed by atoms with E-state index in [2.05, 4.69) is 15.6 Å². The molecule has 0 radical (unpaired) electrons. The van der Waals surface area contributed by atoms with Gasteiger partial charge in [-0.1, -0.05) is 20.8 Å². The van der Waals surface area contributed by atoms with Gasteiger partial charge in [-0.15, -0.1) is 0 Å². The minimum Gasteiger partial charge on any atom is -0.481 e. The van der Waals surface area contributed by atoms with Crippen LogP contribution in [0, 0.1) is 19.3 Å². The highest BCUT2D eigenvalue weighted by atomic mass is 16.4. The second-order valence-corrected chi connectivity index (χ2v) is 6.20. The fourth-order valence-electron chi connectivity index (χ4n) is 1.88. The van der Waals surface area contributed by atoms with Crippen LogP contribution in [0.4, 0.5) is 10.5 Å². The van der Waals surface area contributed by atoms with E-state index in [-0.39, 0.29) is 11.8 Å². The molecule has 21 heavy (non-hydrogen) atoms. The normalized spacial score (nSPS) is 12.6. The highest BCUT2D eigenvalue weighted by molar-refractivity contribution is 5.90. The van der Waals surface area contributed by atoms with E-state index in [0.717, 1.165) is 11.4 Å². The molecule has 0 spiro atoms. The van der Waals surface area contributed by atoms with Gasteiger partial charge in [-0.2, -0.15) is 0 Å². The lowest BCUT2D eigenvalue weighted by Gasteiger charge is -2.30. The number of rotatable bonds is 4. The molecule has 0 saturated carbocycles. The SMILES string of the molecule is Cc1ccc(NC(=O)NC(CC(=O)O)C(C)(C)C)c(C)n1. The number of amides is 2. The first-order valence-corrected chi connectivity index (χ1v) is 6.83. The maximum absolute atomic E-state index is 12.0. The van der Waals surface area contributed by atoms with E-state index in [0.29, 0.717) is 5.69 Å². The Bertz CT molecular complexity index is 535. The molecular formula is C15H23N3O3. The minimum atomic E-state index is -0.941. The van der Waals surface area contributed by atoms with Gasteiger partial charge in [-0.3, -0.25) is 9.78 Å². The lowest BCUT2D eigenvalue weighted by atomic mass is 9.85. The largest absolute Gasteiger partial charge is 0.481 e. The zero-order valence-corrected chi connectivity index (χ0v) is 13.2. The molecule has 3 N–H and O–H groups in total. The third-order valence-corrected chi connectivity index (χ3v) is 3.20. The molecule has 0 bridgehead atoms. The highest BCUT2D eigenvalue weighted by Crippen LogP contribution is 2.22. The van der Waals surface area contributed by atoms with Gasteiger partial charge in [0.15, 0.2) is 0 Å². The van der Waals surface area contributed by atoms with Crippen LogP contribution in [-0.4, -0.2) is 28.1 Å². The molecule has 0 aliphatic carbocycles. The van der Waals surface area contributed by atoms with Gasteiger partial charge in [-0.05, 0) is 31.4 Å². The van der Waals surface area contributed by atoms with Crippen LogP contribution in [0.5, 0.6) is 0 Å². The van der Waals surface area contributed by atoms with Gasteiger partial charge in [0.25, 0.3) is 0 Å². The molecule has 1 rings (SSSR count). The Morgan fingerprint density at radius 3 is 2.38 bits per heavy atom. The third-order valence-electron chi connectivity index (χ3n) is 3.20. The van der Waals surface area contributed by atoms with E-state index in [1.807, 2.05) is 27.7 Å². The van der Waals surface area contributed by atoms with Crippen LogP contribution in [-0.2, 0) is 4.79 Å². The number of hydrogen-bond acceptors (Lipinski definition) is 3. The first-order chi connectivity index (χ1) is 9.59. The lowest BCUT2D eigenvalue weighted by molar-refractivity contribution is -0.138. The number of aryl methyl sites for hydroxylation is 2. The molecule has 0 aliphatic heterocycles. The van der Waals surface area contributed by atoms with Crippen molar-refractivity contribution < 1.29 is 14.7 Å². The van der Waals surface area contributed by atoms with Crippen LogP contribution < -0.4 is 10.6 Å². The Balaban J connectivity index is 2.76. The molecular weight excluding hydrogens is 270 g/mol. The number of carbonyl (C=O) groups is 2. The quantitative estimate of drug-likeness (QED) is 0.796. The number of aliphatic carboxylic acids is 1. The summed E-state index contributed by atoms with van der Waals surface area (Å²) in [5.41, 5.74) is 1.85. The number of hydrogen-bond donors (Lipinski definition) is 3. The smallest absolute Gasteiger partial charge is 0.319 e. The molecule has 1 aromatic rings. The summed E-state index contributed by atoms with van der Waals surface area (Å²) >= 11 is 0. The summed E-state index contributed by atoms with van der Waals surface area (Å²) < 4.78 is 0. The van der Waals surface area contributed by atoms with Crippen LogP contribution in [0.3, 0.4) is 0 Å². The average molecular weight is 293 g/mol. The lowest BCUT2D eigenvalue weighted by Crippen LogP contribution is -2.46. The second kappa shape index (κ2) is 6.56. The minimum absolute atomic E-state index is 0.123. The fourth-order valence-corrected chi connectivity index (χ4v) is 1.88. The van der Waals surface area contributed by atoms with Crippen molar-refractivity contribution in [1.29, 1.82) is 0 Å². The summed E-state index contributed by atoms with van der Waals surface area (Å²) in [6, 6.07) is 2.69. The molecule has 1 heterocycles. The molecule has 2 amide bonds. The number of pyridine rings is 1. The van der Waals surface area contributed by atoms with Crippen molar-refractivity contribution in [3.8, 4) is 0 Å². The number of nitrogens with zero attached hydrogens (tertiary/aromatic N) is 1. The van der Waals surface area contributed by atoms with Crippen molar-refractivity contribution in [2.75, 3.05) is 5.32 Å². The van der Waals surface area contributed by atoms with Crippen LogP contribution in [0.1, 0.15) is 38.6 Å². The maximum Gasteiger partial charge on any atom is 0.319 e. The van der Waals surface area contributed by atoms with Gasteiger partial charge in [0.2, 0.25) is 0 Å². The predicted octanol–water partition coefficient (Wildman–Crippen LogP) is 2.71.